The molecule has 0 saturated carbocycles. The topological polar surface area (TPSA) is 42.1 Å². The second-order valence-corrected chi connectivity index (χ2v) is 3.36. The molecule has 0 amide bonds. The zero-order valence-corrected chi connectivity index (χ0v) is 9.34. The molecule has 1 rings (SSSR count). The average molecular weight is 209 g/mol. The van der Waals surface area contributed by atoms with Crippen LogP contribution in [0.5, 0.6) is 0 Å². The van der Waals surface area contributed by atoms with Crippen LogP contribution in [0.15, 0.2) is 18.2 Å². The van der Waals surface area contributed by atoms with Crippen LogP contribution in [-0.4, -0.2) is 23.1 Å². The minimum absolute atomic E-state index is 0.346. The van der Waals surface area contributed by atoms with E-state index < -0.39 is 0 Å². The smallest absolute Gasteiger partial charge is 0.129 e. The number of pyridine rings is 1. The highest BCUT2D eigenvalue weighted by Crippen LogP contribution is 2.10. The summed E-state index contributed by atoms with van der Waals surface area (Å²) >= 11 is 4.88. The van der Waals surface area contributed by atoms with Gasteiger partial charge in [0.2, 0.25) is 0 Å². The molecule has 0 aliphatic carbocycles. The largest absolute Gasteiger partial charge is 0.388 e. The molecular formula is C10H15N3S. The van der Waals surface area contributed by atoms with E-state index in [1.165, 1.54) is 0 Å². The predicted molar refractivity (Wildman–Crippen MR) is 63.7 cm³/mol. The SMILES string of the molecule is CCN(CC)c1cccc(C(N)=S)n1. The van der Waals surface area contributed by atoms with E-state index in [9.17, 15) is 0 Å². The van der Waals surface area contributed by atoms with Crippen molar-refractivity contribution in [3.63, 3.8) is 0 Å². The van der Waals surface area contributed by atoms with Crippen molar-refractivity contribution in [2.24, 2.45) is 5.73 Å². The lowest BCUT2D eigenvalue weighted by molar-refractivity contribution is 0.845. The van der Waals surface area contributed by atoms with E-state index in [0.29, 0.717) is 10.7 Å². The van der Waals surface area contributed by atoms with Gasteiger partial charge >= 0.3 is 0 Å². The van der Waals surface area contributed by atoms with Gasteiger partial charge < -0.3 is 10.6 Å². The number of anilines is 1. The number of nitrogens with zero attached hydrogens (tertiary/aromatic N) is 2. The first-order valence-electron chi connectivity index (χ1n) is 4.70. The van der Waals surface area contributed by atoms with Gasteiger partial charge in [-0.05, 0) is 26.0 Å². The van der Waals surface area contributed by atoms with Gasteiger partial charge in [0, 0.05) is 13.1 Å². The lowest BCUT2D eigenvalue weighted by Crippen LogP contribution is -2.24. The third-order valence-electron chi connectivity index (χ3n) is 2.07. The highest BCUT2D eigenvalue weighted by molar-refractivity contribution is 7.80. The Morgan fingerprint density at radius 2 is 2.07 bits per heavy atom. The van der Waals surface area contributed by atoms with E-state index in [1.54, 1.807) is 0 Å². The van der Waals surface area contributed by atoms with E-state index >= 15 is 0 Å². The number of aromatic nitrogens is 1. The molecule has 0 spiro atoms. The van der Waals surface area contributed by atoms with Gasteiger partial charge in [0.15, 0.2) is 0 Å². The summed E-state index contributed by atoms with van der Waals surface area (Å²) in [5, 5.41) is 0. The quantitative estimate of drug-likeness (QED) is 0.764. The normalized spacial score (nSPS) is 9.86. The first-order chi connectivity index (χ1) is 6.69. The first-order valence-corrected chi connectivity index (χ1v) is 5.11. The molecule has 0 aromatic carbocycles. The van der Waals surface area contributed by atoms with E-state index in [0.717, 1.165) is 18.9 Å². The summed E-state index contributed by atoms with van der Waals surface area (Å²) in [7, 11) is 0. The Morgan fingerprint density at radius 3 is 2.57 bits per heavy atom. The second kappa shape index (κ2) is 4.91. The van der Waals surface area contributed by atoms with Gasteiger partial charge in [-0.25, -0.2) is 4.98 Å². The Labute approximate surface area is 89.9 Å². The fraction of sp³-hybridized carbons (Fsp3) is 0.400. The summed E-state index contributed by atoms with van der Waals surface area (Å²) < 4.78 is 0. The molecule has 0 radical (unpaired) electrons. The maximum absolute atomic E-state index is 5.52. The molecule has 2 N–H and O–H groups in total. The minimum Gasteiger partial charge on any atom is -0.388 e. The van der Waals surface area contributed by atoms with Crippen molar-refractivity contribution in [2.75, 3.05) is 18.0 Å². The van der Waals surface area contributed by atoms with Gasteiger partial charge in [-0.1, -0.05) is 18.3 Å². The molecule has 0 aliphatic rings. The van der Waals surface area contributed by atoms with Crippen LogP contribution in [0, 0.1) is 0 Å². The molecular weight excluding hydrogens is 194 g/mol. The van der Waals surface area contributed by atoms with Crippen LogP contribution < -0.4 is 10.6 Å². The zero-order valence-electron chi connectivity index (χ0n) is 8.53. The van der Waals surface area contributed by atoms with Crippen molar-refractivity contribution >= 4 is 23.0 Å². The van der Waals surface area contributed by atoms with Crippen molar-refractivity contribution in [1.29, 1.82) is 0 Å². The van der Waals surface area contributed by atoms with Crippen molar-refractivity contribution in [2.45, 2.75) is 13.8 Å². The van der Waals surface area contributed by atoms with Gasteiger partial charge in [-0.3, -0.25) is 0 Å². The monoisotopic (exact) mass is 209 g/mol. The summed E-state index contributed by atoms with van der Waals surface area (Å²) in [6.45, 7) is 6.06. The molecule has 0 fully saturated rings. The number of rotatable bonds is 4. The fourth-order valence-corrected chi connectivity index (χ4v) is 1.40. The first kappa shape index (κ1) is 10.9. The summed E-state index contributed by atoms with van der Waals surface area (Å²) in [5.41, 5.74) is 6.20. The van der Waals surface area contributed by atoms with Gasteiger partial charge in [0.05, 0.1) is 5.69 Å². The van der Waals surface area contributed by atoms with E-state index in [2.05, 4.69) is 23.7 Å². The highest BCUT2D eigenvalue weighted by Gasteiger charge is 2.04. The Bertz CT molecular complexity index is 321. The molecule has 0 atom stereocenters. The number of nitrogens with two attached hydrogens (primary N) is 1. The standard InChI is InChI=1S/C10H15N3S/c1-3-13(4-2)9-7-5-6-8(12-9)10(11)14/h5-7H,3-4H2,1-2H3,(H2,11,14). The number of thiocarbonyl (C=S) groups is 1. The fourth-order valence-electron chi connectivity index (χ4n) is 1.28. The summed E-state index contributed by atoms with van der Waals surface area (Å²) in [5.74, 6) is 0.931. The van der Waals surface area contributed by atoms with Crippen molar-refractivity contribution in [3.05, 3.63) is 23.9 Å². The molecule has 1 aromatic heterocycles. The lowest BCUT2D eigenvalue weighted by atomic mass is 10.3. The number of hydrogen-bond donors (Lipinski definition) is 1. The van der Waals surface area contributed by atoms with Crippen LogP contribution >= 0.6 is 12.2 Å². The molecule has 4 heteroatoms. The summed E-state index contributed by atoms with van der Waals surface area (Å²) in [6.07, 6.45) is 0. The Kier molecular flexibility index (Phi) is 3.83. The number of hydrogen-bond acceptors (Lipinski definition) is 3. The van der Waals surface area contributed by atoms with E-state index in [4.69, 9.17) is 18.0 Å². The van der Waals surface area contributed by atoms with E-state index in [-0.39, 0.29) is 0 Å². The average Bonchev–Trinajstić information content (AvgIpc) is 2.20. The summed E-state index contributed by atoms with van der Waals surface area (Å²) in [6, 6.07) is 5.72. The zero-order chi connectivity index (χ0) is 10.6. The van der Waals surface area contributed by atoms with Crippen molar-refractivity contribution < 1.29 is 0 Å². The third-order valence-corrected chi connectivity index (χ3v) is 2.28. The molecule has 1 heterocycles. The molecule has 0 saturated heterocycles. The van der Waals surface area contributed by atoms with E-state index in [1.807, 2.05) is 18.2 Å². The van der Waals surface area contributed by atoms with Gasteiger partial charge in [-0.2, -0.15) is 0 Å². The molecule has 0 bridgehead atoms. The third kappa shape index (κ3) is 2.42. The molecule has 14 heavy (non-hydrogen) atoms. The van der Waals surface area contributed by atoms with Crippen LogP contribution in [0.4, 0.5) is 5.82 Å². The Balaban J connectivity index is 2.98. The van der Waals surface area contributed by atoms with Crippen LogP contribution in [0.1, 0.15) is 19.5 Å². The van der Waals surface area contributed by atoms with Gasteiger partial charge in [0.25, 0.3) is 0 Å². The lowest BCUT2D eigenvalue weighted by Gasteiger charge is -2.19. The molecule has 1 aromatic rings. The van der Waals surface area contributed by atoms with Crippen LogP contribution in [0.3, 0.4) is 0 Å². The van der Waals surface area contributed by atoms with Gasteiger partial charge in [-0.15, -0.1) is 0 Å². The predicted octanol–water partition coefficient (Wildman–Crippen LogP) is 1.56. The van der Waals surface area contributed by atoms with Crippen LogP contribution in [0.25, 0.3) is 0 Å². The van der Waals surface area contributed by atoms with Gasteiger partial charge in [0.1, 0.15) is 10.8 Å². The minimum atomic E-state index is 0.346. The van der Waals surface area contributed by atoms with Crippen LogP contribution in [-0.2, 0) is 0 Å². The molecule has 76 valence electrons. The second-order valence-electron chi connectivity index (χ2n) is 2.92. The Hall–Kier alpha value is -1.16. The highest BCUT2D eigenvalue weighted by atomic mass is 32.1. The Morgan fingerprint density at radius 1 is 1.43 bits per heavy atom. The maximum atomic E-state index is 5.52. The van der Waals surface area contributed by atoms with Crippen molar-refractivity contribution in [1.82, 2.24) is 4.98 Å². The molecule has 0 aliphatic heterocycles. The molecule has 0 unspecified atom stereocenters. The molecule has 3 nitrogen and oxygen atoms in total. The van der Waals surface area contributed by atoms with Crippen LogP contribution in [0.2, 0.25) is 0 Å². The van der Waals surface area contributed by atoms with Crippen molar-refractivity contribution in [3.8, 4) is 0 Å². The maximum Gasteiger partial charge on any atom is 0.129 e. The summed E-state index contributed by atoms with van der Waals surface area (Å²) in [4.78, 5) is 6.87.